The van der Waals surface area contributed by atoms with E-state index in [0.29, 0.717) is 6.42 Å². The summed E-state index contributed by atoms with van der Waals surface area (Å²) in [6.45, 7) is 2.15. The molecule has 0 rings (SSSR count). The molecule has 0 bridgehead atoms. The molecule has 0 aliphatic heterocycles. The molecule has 0 N–H and O–H groups in total. The van der Waals surface area contributed by atoms with Crippen LogP contribution in [0.5, 0.6) is 0 Å². The maximum Gasteiger partial charge on any atom is 0.337 e. The Balaban J connectivity index is 3.70. The van der Waals surface area contributed by atoms with E-state index in [2.05, 4.69) is 6.92 Å². The SMILES string of the molecule is CCCCCCCC(=O)CP(=O)(OC)OC. The summed E-state index contributed by atoms with van der Waals surface area (Å²) in [4.78, 5) is 11.5. The molecule has 0 aliphatic rings. The van der Waals surface area contributed by atoms with Crippen molar-refractivity contribution in [2.24, 2.45) is 0 Å². The van der Waals surface area contributed by atoms with Gasteiger partial charge in [0.05, 0.1) is 0 Å². The first-order chi connectivity index (χ1) is 7.58. The predicted octanol–water partition coefficient (Wildman–Crippen LogP) is 3.40. The molecule has 0 aliphatic carbocycles. The fourth-order valence-corrected chi connectivity index (χ4v) is 2.42. The Kier molecular flexibility index (Phi) is 8.81. The van der Waals surface area contributed by atoms with E-state index < -0.39 is 7.60 Å². The zero-order valence-electron chi connectivity index (χ0n) is 10.5. The van der Waals surface area contributed by atoms with Crippen LogP contribution in [0.2, 0.25) is 0 Å². The Hall–Kier alpha value is -0.180. The Morgan fingerprint density at radius 1 is 1.06 bits per heavy atom. The van der Waals surface area contributed by atoms with E-state index in [1.54, 1.807) is 0 Å². The van der Waals surface area contributed by atoms with Crippen molar-refractivity contribution in [3.05, 3.63) is 0 Å². The van der Waals surface area contributed by atoms with Crippen LogP contribution in [0.1, 0.15) is 45.4 Å². The largest absolute Gasteiger partial charge is 0.337 e. The average Bonchev–Trinajstić information content (AvgIpc) is 2.28. The van der Waals surface area contributed by atoms with Gasteiger partial charge in [0.25, 0.3) is 0 Å². The number of hydrogen-bond acceptors (Lipinski definition) is 4. The summed E-state index contributed by atoms with van der Waals surface area (Å²) in [5, 5.41) is 0. The Labute approximate surface area is 98.2 Å². The van der Waals surface area contributed by atoms with Crippen LogP contribution < -0.4 is 0 Å². The van der Waals surface area contributed by atoms with E-state index in [9.17, 15) is 9.36 Å². The van der Waals surface area contributed by atoms with Crippen molar-refractivity contribution in [1.29, 1.82) is 0 Å². The third-order valence-electron chi connectivity index (χ3n) is 2.49. The van der Waals surface area contributed by atoms with Gasteiger partial charge < -0.3 is 9.05 Å². The van der Waals surface area contributed by atoms with E-state index in [0.717, 1.165) is 19.3 Å². The van der Waals surface area contributed by atoms with Crippen molar-refractivity contribution in [3.63, 3.8) is 0 Å². The maximum atomic E-state index is 11.6. The van der Waals surface area contributed by atoms with Crippen molar-refractivity contribution in [2.45, 2.75) is 45.4 Å². The number of carbonyl (C=O) groups is 1. The molecule has 0 aromatic carbocycles. The molecule has 96 valence electrons. The fraction of sp³-hybridized carbons (Fsp3) is 0.909. The molecular weight excluding hydrogens is 227 g/mol. The molecule has 0 saturated carbocycles. The highest BCUT2D eigenvalue weighted by Gasteiger charge is 2.24. The lowest BCUT2D eigenvalue weighted by Crippen LogP contribution is -2.07. The van der Waals surface area contributed by atoms with Gasteiger partial charge in [-0.1, -0.05) is 32.6 Å². The van der Waals surface area contributed by atoms with Crippen molar-refractivity contribution in [2.75, 3.05) is 20.4 Å². The molecule has 0 atom stereocenters. The van der Waals surface area contributed by atoms with Crippen LogP contribution in [0, 0.1) is 0 Å². The summed E-state index contributed by atoms with van der Waals surface area (Å²) in [5.74, 6) is -0.0384. The molecule has 0 aromatic heterocycles. The maximum absolute atomic E-state index is 11.6. The fourth-order valence-electron chi connectivity index (χ4n) is 1.42. The van der Waals surface area contributed by atoms with Gasteiger partial charge in [-0.15, -0.1) is 0 Å². The third-order valence-corrected chi connectivity index (χ3v) is 4.34. The summed E-state index contributed by atoms with van der Waals surface area (Å²) in [7, 11) is -0.539. The number of unbranched alkanes of at least 4 members (excludes halogenated alkanes) is 4. The number of Topliss-reactive ketones (excluding diaryl/α,β-unsaturated/α-hetero) is 1. The van der Waals surface area contributed by atoms with Crippen molar-refractivity contribution in [1.82, 2.24) is 0 Å². The normalized spacial score (nSPS) is 11.7. The van der Waals surface area contributed by atoms with Crippen molar-refractivity contribution in [3.8, 4) is 0 Å². The van der Waals surface area contributed by atoms with Gasteiger partial charge in [-0.05, 0) is 6.42 Å². The Morgan fingerprint density at radius 2 is 1.62 bits per heavy atom. The van der Waals surface area contributed by atoms with E-state index in [-0.39, 0.29) is 11.9 Å². The summed E-state index contributed by atoms with van der Waals surface area (Å²) in [5.41, 5.74) is 0. The molecule has 0 heterocycles. The third kappa shape index (κ3) is 7.15. The van der Waals surface area contributed by atoms with E-state index in [1.165, 1.54) is 27.1 Å². The van der Waals surface area contributed by atoms with Crippen LogP contribution >= 0.6 is 7.60 Å². The molecule has 0 fully saturated rings. The van der Waals surface area contributed by atoms with Crippen LogP contribution in [0.4, 0.5) is 0 Å². The molecule has 0 spiro atoms. The second-order valence-corrected chi connectivity index (χ2v) is 6.11. The second kappa shape index (κ2) is 8.91. The van der Waals surface area contributed by atoms with Crippen molar-refractivity contribution < 1.29 is 18.4 Å². The smallest absolute Gasteiger partial charge is 0.312 e. The highest BCUT2D eigenvalue weighted by Crippen LogP contribution is 2.46. The first-order valence-corrected chi connectivity index (χ1v) is 7.53. The highest BCUT2D eigenvalue weighted by molar-refractivity contribution is 7.54. The number of carbonyl (C=O) groups excluding carboxylic acids is 1. The van der Waals surface area contributed by atoms with Crippen molar-refractivity contribution >= 4 is 13.4 Å². The average molecular weight is 250 g/mol. The minimum atomic E-state index is -3.15. The molecule has 4 nitrogen and oxygen atoms in total. The molecular formula is C11H23O4P. The molecule has 0 saturated heterocycles. The zero-order chi connectivity index (χ0) is 12.4. The van der Waals surface area contributed by atoms with Gasteiger partial charge in [0, 0.05) is 20.6 Å². The Bertz CT molecular complexity index is 232. The van der Waals surface area contributed by atoms with Gasteiger partial charge in [-0.25, -0.2) is 0 Å². The molecule has 0 unspecified atom stereocenters. The monoisotopic (exact) mass is 250 g/mol. The van der Waals surface area contributed by atoms with Gasteiger partial charge >= 0.3 is 7.60 Å². The van der Waals surface area contributed by atoms with Gasteiger partial charge in [-0.3, -0.25) is 9.36 Å². The summed E-state index contributed by atoms with van der Waals surface area (Å²) >= 11 is 0. The first kappa shape index (κ1) is 15.8. The van der Waals surface area contributed by atoms with E-state index in [1.807, 2.05) is 0 Å². The summed E-state index contributed by atoms with van der Waals surface area (Å²) in [6, 6.07) is 0. The second-order valence-electron chi connectivity index (χ2n) is 3.84. The predicted molar refractivity (Wildman–Crippen MR) is 64.9 cm³/mol. The topological polar surface area (TPSA) is 52.6 Å². The minimum absolute atomic E-state index is 0.0384. The van der Waals surface area contributed by atoms with Crippen LogP contribution in [0.25, 0.3) is 0 Å². The standard InChI is InChI=1S/C11H23O4P/c1-4-5-6-7-8-9-11(12)10-16(13,14-2)15-3/h4-10H2,1-3H3. The summed E-state index contributed by atoms with van der Waals surface area (Å²) < 4.78 is 21.1. The summed E-state index contributed by atoms with van der Waals surface area (Å²) in [6.07, 6.45) is 5.86. The van der Waals surface area contributed by atoms with Gasteiger partial charge in [-0.2, -0.15) is 0 Å². The van der Waals surface area contributed by atoms with E-state index in [4.69, 9.17) is 9.05 Å². The minimum Gasteiger partial charge on any atom is -0.312 e. The lowest BCUT2D eigenvalue weighted by molar-refractivity contribution is -0.117. The highest BCUT2D eigenvalue weighted by atomic mass is 31.2. The number of rotatable bonds is 10. The zero-order valence-corrected chi connectivity index (χ0v) is 11.4. The molecule has 0 amide bonds. The first-order valence-electron chi connectivity index (χ1n) is 5.80. The quantitative estimate of drug-likeness (QED) is 0.440. The number of hydrogen-bond donors (Lipinski definition) is 0. The molecule has 5 heteroatoms. The molecule has 16 heavy (non-hydrogen) atoms. The lowest BCUT2D eigenvalue weighted by Gasteiger charge is -2.12. The van der Waals surface area contributed by atoms with Crippen LogP contribution in [0.15, 0.2) is 0 Å². The lowest BCUT2D eigenvalue weighted by atomic mass is 10.1. The Morgan fingerprint density at radius 3 is 2.12 bits per heavy atom. The van der Waals surface area contributed by atoms with Gasteiger partial charge in [0.1, 0.15) is 11.9 Å². The van der Waals surface area contributed by atoms with Gasteiger partial charge in [0.2, 0.25) is 0 Å². The molecule has 0 radical (unpaired) electrons. The van der Waals surface area contributed by atoms with E-state index >= 15 is 0 Å². The van der Waals surface area contributed by atoms with Crippen LogP contribution in [-0.4, -0.2) is 26.2 Å². The van der Waals surface area contributed by atoms with Crippen LogP contribution in [0.3, 0.4) is 0 Å². The van der Waals surface area contributed by atoms with Crippen LogP contribution in [-0.2, 0) is 18.4 Å². The van der Waals surface area contributed by atoms with Gasteiger partial charge in [0.15, 0.2) is 0 Å². The number of ketones is 1. The molecule has 0 aromatic rings.